The molecule has 3 aromatic carbocycles. The van der Waals surface area contributed by atoms with Crippen molar-refractivity contribution in [3.63, 3.8) is 0 Å². The lowest BCUT2D eigenvalue weighted by Gasteiger charge is -2.35. The maximum Gasteiger partial charge on any atom is 0.261 e. The van der Waals surface area contributed by atoms with Gasteiger partial charge < -0.3 is 14.4 Å². The monoisotopic (exact) mass is 499 g/mol. The second kappa shape index (κ2) is 10.4. The lowest BCUT2D eigenvalue weighted by Crippen LogP contribution is -2.51. The van der Waals surface area contributed by atoms with Crippen molar-refractivity contribution >= 4 is 34.6 Å². The first-order valence-electron chi connectivity index (χ1n) is 12.3. The third kappa shape index (κ3) is 4.80. The predicted molar refractivity (Wildman–Crippen MR) is 141 cm³/mol. The maximum atomic E-state index is 13.1. The van der Waals surface area contributed by atoms with Crippen molar-refractivity contribution in [3.05, 3.63) is 77.4 Å². The van der Waals surface area contributed by atoms with Crippen LogP contribution in [0.1, 0.15) is 26.3 Å². The van der Waals surface area contributed by atoms with E-state index in [1.807, 2.05) is 36.4 Å². The van der Waals surface area contributed by atoms with Gasteiger partial charge in [0, 0.05) is 73.5 Å². The SMILES string of the molecule is COc1ccc(/C=C/C(=O)N2CCN(CCN3C(=O)c4cccc5cccc(c45)C3=O)CC2)c(OC)c1. The van der Waals surface area contributed by atoms with Gasteiger partial charge in [-0.05, 0) is 35.7 Å². The normalized spacial score (nSPS) is 16.1. The highest BCUT2D eigenvalue weighted by atomic mass is 16.5. The van der Waals surface area contributed by atoms with Crippen molar-refractivity contribution < 1.29 is 23.9 Å². The Morgan fingerprint density at radius 3 is 2.16 bits per heavy atom. The maximum absolute atomic E-state index is 13.1. The highest BCUT2D eigenvalue weighted by molar-refractivity contribution is 6.25. The van der Waals surface area contributed by atoms with E-state index in [-0.39, 0.29) is 17.7 Å². The molecule has 0 unspecified atom stereocenters. The molecule has 0 spiro atoms. The van der Waals surface area contributed by atoms with E-state index < -0.39 is 0 Å². The zero-order valence-electron chi connectivity index (χ0n) is 21.0. The number of hydrogen-bond acceptors (Lipinski definition) is 6. The summed E-state index contributed by atoms with van der Waals surface area (Å²) >= 11 is 0. The number of benzene rings is 3. The van der Waals surface area contributed by atoms with Crippen LogP contribution in [0.5, 0.6) is 11.5 Å². The van der Waals surface area contributed by atoms with Gasteiger partial charge in [0.05, 0.1) is 14.2 Å². The summed E-state index contributed by atoms with van der Waals surface area (Å²) in [4.78, 5) is 44.3. The van der Waals surface area contributed by atoms with Crippen molar-refractivity contribution in [3.8, 4) is 11.5 Å². The zero-order valence-corrected chi connectivity index (χ0v) is 21.0. The van der Waals surface area contributed by atoms with E-state index in [0.29, 0.717) is 61.9 Å². The number of methoxy groups -OCH3 is 2. The largest absolute Gasteiger partial charge is 0.497 e. The molecule has 3 amide bonds. The summed E-state index contributed by atoms with van der Waals surface area (Å²) in [7, 11) is 3.17. The minimum absolute atomic E-state index is 0.0661. The Bertz CT molecular complexity index is 1340. The van der Waals surface area contributed by atoms with E-state index in [4.69, 9.17) is 9.47 Å². The van der Waals surface area contributed by atoms with E-state index in [1.54, 1.807) is 49.5 Å². The first-order valence-corrected chi connectivity index (χ1v) is 12.3. The fraction of sp³-hybridized carbons (Fsp3) is 0.276. The molecule has 8 nitrogen and oxygen atoms in total. The van der Waals surface area contributed by atoms with Crippen molar-refractivity contribution in [1.29, 1.82) is 0 Å². The summed E-state index contributed by atoms with van der Waals surface area (Å²) in [6.45, 7) is 3.38. The highest BCUT2D eigenvalue weighted by Crippen LogP contribution is 2.30. The summed E-state index contributed by atoms with van der Waals surface area (Å²) in [5.74, 6) is 0.757. The van der Waals surface area contributed by atoms with Gasteiger partial charge in [0.2, 0.25) is 5.91 Å². The van der Waals surface area contributed by atoms with Gasteiger partial charge in [-0.25, -0.2) is 0 Å². The van der Waals surface area contributed by atoms with Gasteiger partial charge >= 0.3 is 0 Å². The summed E-state index contributed by atoms with van der Waals surface area (Å²) in [5.41, 5.74) is 1.94. The van der Waals surface area contributed by atoms with Crippen LogP contribution in [-0.4, -0.2) is 85.9 Å². The van der Waals surface area contributed by atoms with E-state index in [0.717, 1.165) is 16.3 Å². The van der Waals surface area contributed by atoms with E-state index in [9.17, 15) is 14.4 Å². The first kappa shape index (κ1) is 24.5. The quantitative estimate of drug-likeness (QED) is 0.367. The molecule has 0 saturated carbocycles. The number of amides is 3. The molecule has 0 atom stereocenters. The molecule has 0 aromatic heterocycles. The second-order valence-corrected chi connectivity index (χ2v) is 9.08. The molecule has 3 aromatic rings. The summed E-state index contributed by atoms with van der Waals surface area (Å²) in [6, 6.07) is 16.6. The molecule has 0 radical (unpaired) electrons. The minimum Gasteiger partial charge on any atom is -0.497 e. The highest BCUT2D eigenvalue weighted by Gasteiger charge is 2.33. The summed E-state index contributed by atoms with van der Waals surface area (Å²) in [5, 5.41) is 1.64. The van der Waals surface area contributed by atoms with Crippen LogP contribution in [0, 0.1) is 0 Å². The van der Waals surface area contributed by atoms with Crippen LogP contribution in [0.4, 0.5) is 0 Å². The van der Waals surface area contributed by atoms with Gasteiger partial charge in [-0.1, -0.05) is 24.3 Å². The minimum atomic E-state index is -0.248. The Balaban J connectivity index is 1.16. The van der Waals surface area contributed by atoms with Crippen molar-refractivity contribution in [2.24, 2.45) is 0 Å². The molecule has 5 rings (SSSR count). The third-order valence-corrected chi connectivity index (χ3v) is 7.03. The van der Waals surface area contributed by atoms with Gasteiger partial charge in [0.15, 0.2) is 0 Å². The Morgan fingerprint density at radius 2 is 1.54 bits per heavy atom. The molecule has 0 N–H and O–H groups in total. The molecule has 8 heteroatoms. The topological polar surface area (TPSA) is 79.4 Å². The molecular weight excluding hydrogens is 470 g/mol. The van der Waals surface area contributed by atoms with Gasteiger partial charge in [-0.15, -0.1) is 0 Å². The number of hydrogen-bond donors (Lipinski definition) is 0. The zero-order chi connectivity index (χ0) is 25.9. The number of imide groups is 1. The Hall–Kier alpha value is -4.17. The molecule has 1 fully saturated rings. The fourth-order valence-corrected chi connectivity index (χ4v) is 4.94. The molecule has 2 heterocycles. The van der Waals surface area contributed by atoms with Gasteiger partial charge in [0.25, 0.3) is 11.8 Å². The van der Waals surface area contributed by atoms with E-state index in [2.05, 4.69) is 4.90 Å². The van der Waals surface area contributed by atoms with Crippen molar-refractivity contribution in [1.82, 2.24) is 14.7 Å². The molecule has 0 bridgehead atoms. The van der Waals surface area contributed by atoms with Crippen LogP contribution in [0.15, 0.2) is 60.7 Å². The Morgan fingerprint density at radius 1 is 0.865 bits per heavy atom. The lowest BCUT2D eigenvalue weighted by molar-refractivity contribution is -0.127. The van der Waals surface area contributed by atoms with Crippen LogP contribution in [0.2, 0.25) is 0 Å². The number of nitrogens with zero attached hydrogens (tertiary/aromatic N) is 3. The summed E-state index contributed by atoms with van der Waals surface area (Å²) < 4.78 is 10.6. The van der Waals surface area contributed by atoms with Crippen LogP contribution >= 0.6 is 0 Å². The average molecular weight is 500 g/mol. The standard InChI is InChI=1S/C29H29N3O5/c1-36-22-11-9-20(25(19-22)37-2)10-12-26(33)31-16-13-30(14-17-31)15-18-32-28(34)23-7-3-5-21-6-4-8-24(27(21)23)29(32)35/h3-12,19H,13-18H2,1-2H3/b12-10+. The average Bonchev–Trinajstić information content (AvgIpc) is 2.94. The lowest BCUT2D eigenvalue weighted by atomic mass is 9.94. The van der Waals surface area contributed by atoms with Gasteiger partial charge in [-0.2, -0.15) is 0 Å². The van der Waals surface area contributed by atoms with Gasteiger partial charge in [0.1, 0.15) is 11.5 Å². The van der Waals surface area contributed by atoms with Crippen LogP contribution in [0.25, 0.3) is 16.8 Å². The van der Waals surface area contributed by atoms with Crippen LogP contribution in [-0.2, 0) is 4.79 Å². The van der Waals surface area contributed by atoms with Crippen LogP contribution in [0.3, 0.4) is 0 Å². The van der Waals surface area contributed by atoms with Crippen molar-refractivity contribution in [2.45, 2.75) is 0 Å². The molecule has 0 aliphatic carbocycles. The molecular formula is C29H29N3O5. The van der Waals surface area contributed by atoms with Crippen LogP contribution < -0.4 is 9.47 Å². The smallest absolute Gasteiger partial charge is 0.261 e. The molecule has 37 heavy (non-hydrogen) atoms. The Labute approximate surface area is 215 Å². The first-order chi connectivity index (χ1) is 18.0. The second-order valence-electron chi connectivity index (χ2n) is 9.08. The number of carbonyl (C=O) groups excluding carboxylic acids is 3. The Kier molecular flexibility index (Phi) is 6.92. The van der Waals surface area contributed by atoms with Crippen molar-refractivity contribution in [2.75, 3.05) is 53.5 Å². The molecule has 1 saturated heterocycles. The number of rotatable bonds is 7. The predicted octanol–water partition coefficient (Wildman–Crippen LogP) is 3.31. The van der Waals surface area contributed by atoms with E-state index in [1.165, 1.54) is 4.90 Å². The molecule has 190 valence electrons. The molecule has 2 aliphatic heterocycles. The summed E-state index contributed by atoms with van der Waals surface area (Å²) in [6.07, 6.45) is 3.31. The number of ether oxygens (including phenoxy) is 2. The number of carbonyl (C=O) groups is 3. The van der Waals surface area contributed by atoms with E-state index >= 15 is 0 Å². The van der Waals surface area contributed by atoms with Gasteiger partial charge in [-0.3, -0.25) is 24.2 Å². The molecule has 2 aliphatic rings. The number of piperazine rings is 1. The third-order valence-electron chi connectivity index (χ3n) is 7.03. The fourth-order valence-electron chi connectivity index (χ4n) is 4.94.